The molecule has 1 aromatic carbocycles. The van der Waals surface area contributed by atoms with E-state index in [4.69, 9.17) is 9.47 Å². The van der Waals surface area contributed by atoms with Crippen LogP contribution in [0.3, 0.4) is 0 Å². The van der Waals surface area contributed by atoms with Crippen LogP contribution in [0.15, 0.2) is 24.3 Å². The number of piperidine rings is 1. The maximum Gasteiger partial charge on any atom is 0.224 e. The minimum Gasteiger partial charge on any atom is -0.347 e. The summed E-state index contributed by atoms with van der Waals surface area (Å²) in [5.74, 6) is 0.000334. The number of rotatable bonds is 5. The number of anilines is 1. The fourth-order valence-electron chi connectivity index (χ4n) is 3.76. The molecule has 0 N–H and O–H groups in total. The van der Waals surface area contributed by atoms with Gasteiger partial charge in [0.2, 0.25) is 11.8 Å². The van der Waals surface area contributed by atoms with Crippen molar-refractivity contribution in [2.45, 2.75) is 51.7 Å². The summed E-state index contributed by atoms with van der Waals surface area (Å²) >= 11 is 0. The Balaban J connectivity index is 1.54. The molecule has 1 aromatic rings. The van der Waals surface area contributed by atoms with Crippen LogP contribution < -0.4 is 4.90 Å². The molecule has 27 heavy (non-hydrogen) atoms. The molecule has 0 bridgehead atoms. The molecule has 2 fully saturated rings. The predicted molar refractivity (Wildman–Crippen MR) is 104 cm³/mol. The van der Waals surface area contributed by atoms with E-state index in [-0.39, 0.29) is 11.8 Å². The largest absolute Gasteiger partial charge is 0.347 e. The number of likely N-dealkylation sites (tertiary alicyclic amines) is 1. The molecule has 2 saturated heterocycles. The maximum absolute atomic E-state index is 12.6. The first-order valence-electron chi connectivity index (χ1n) is 9.84. The molecule has 6 nitrogen and oxygen atoms in total. The highest BCUT2D eigenvalue weighted by atomic mass is 16.7. The molecule has 2 heterocycles. The third-order valence-corrected chi connectivity index (χ3v) is 5.49. The molecule has 0 unspecified atom stereocenters. The summed E-state index contributed by atoms with van der Waals surface area (Å²) in [5, 5.41) is 0. The first-order valence-corrected chi connectivity index (χ1v) is 9.84. The molecule has 6 heteroatoms. The molecule has 0 aromatic heterocycles. The highest BCUT2D eigenvalue weighted by Crippen LogP contribution is 2.31. The van der Waals surface area contributed by atoms with Crippen molar-refractivity contribution >= 4 is 17.5 Å². The van der Waals surface area contributed by atoms with E-state index in [2.05, 4.69) is 13.8 Å². The number of ether oxygens (including phenoxy) is 2. The smallest absolute Gasteiger partial charge is 0.224 e. The van der Waals surface area contributed by atoms with E-state index in [1.54, 1.807) is 11.8 Å². The average Bonchev–Trinajstić information content (AvgIpc) is 3.10. The number of carbonyl (C=O) groups excluding carboxylic acids is 2. The Kier molecular flexibility index (Phi) is 6.17. The molecule has 0 atom stereocenters. The first-order chi connectivity index (χ1) is 12.9. The Labute approximate surface area is 161 Å². The highest BCUT2D eigenvalue weighted by molar-refractivity contribution is 5.92. The second kappa shape index (κ2) is 8.40. The lowest BCUT2D eigenvalue weighted by molar-refractivity contribution is -0.187. The zero-order valence-corrected chi connectivity index (χ0v) is 16.6. The van der Waals surface area contributed by atoms with Crippen molar-refractivity contribution in [1.82, 2.24) is 4.90 Å². The zero-order chi connectivity index (χ0) is 19.4. The molecular formula is C21H30N2O4. The van der Waals surface area contributed by atoms with Gasteiger partial charge in [0.1, 0.15) is 0 Å². The Bertz CT molecular complexity index is 655. The Morgan fingerprint density at radius 2 is 1.70 bits per heavy atom. The van der Waals surface area contributed by atoms with Crippen LogP contribution in [-0.2, 0) is 19.1 Å². The third kappa shape index (κ3) is 4.68. The second-order valence-electron chi connectivity index (χ2n) is 7.66. The zero-order valence-electron chi connectivity index (χ0n) is 16.6. The SMILES string of the molecule is CC(=O)N(CCC(=O)N1CCC2(CC1)OCCO2)c1ccc(C(C)C)cc1. The molecule has 2 aliphatic heterocycles. The van der Waals surface area contributed by atoms with Gasteiger partial charge in [0.05, 0.1) is 13.2 Å². The molecule has 0 radical (unpaired) electrons. The van der Waals surface area contributed by atoms with Gasteiger partial charge in [-0.15, -0.1) is 0 Å². The minimum absolute atomic E-state index is 0.0505. The van der Waals surface area contributed by atoms with Gasteiger partial charge in [-0.1, -0.05) is 26.0 Å². The van der Waals surface area contributed by atoms with Gasteiger partial charge in [-0.2, -0.15) is 0 Å². The van der Waals surface area contributed by atoms with Crippen molar-refractivity contribution in [2.24, 2.45) is 0 Å². The molecule has 148 valence electrons. The van der Waals surface area contributed by atoms with E-state index in [9.17, 15) is 9.59 Å². The van der Waals surface area contributed by atoms with Crippen LogP contribution in [-0.4, -0.2) is 55.3 Å². The van der Waals surface area contributed by atoms with Crippen LogP contribution in [0.2, 0.25) is 0 Å². The van der Waals surface area contributed by atoms with Crippen molar-refractivity contribution in [3.8, 4) is 0 Å². The summed E-state index contributed by atoms with van der Waals surface area (Å²) in [5.41, 5.74) is 2.07. The molecule has 0 aliphatic carbocycles. The lowest BCUT2D eigenvalue weighted by atomic mass is 10.0. The fourth-order valence-corrected chi connectivity index (χ4v) is 3.76. The monoisotopic (exact) mass is 374 g/mol. The van der Waals surface area contributed by atoms with E-state index in [1.165, 1.54) is 5.56 Å². The summed E-state index contributed by atoms with van der Waals surface area (Å²) in [6.07, 6.45) is 1.75. The summed E-state index contributed by atoms with van der Waals surface area (Å²) in [6.45, 7) is 8.77. The van der Waals surface area contributed by atoms with Gasteiger partial charge in [-0.3, -0.25) is 9.59 Å². The predicted octanol–water partition coefficient (Wildman–Crippen LogP) is 2.92. The highest BCUT2D eigenvalue weighted by Gasteiger charge is 2.40. The van der Waals surface area contributed by atoms with Crippen molar-refractivity contribution in [2.75, 3.05) is 37.7 Å². The van der Waals surface area contributed by atoms with Gasteiger partial charge in [0, 0.05) is 51.5 Å². The third-order valence-electron chi connectivity index (χ3n) is 5.49. The van der Waals surface area contributed by atoms with Crippen LogP contribution in [0.4, 0.5) is 5.69 Å². The molecule has 0 saturated carbocycles. The van der Waals surface area contributed by atoms with Crippen LogP contribution in [0.25, 0.3) is 0 Å². The van der Waals surface area contributed by atoms with Crippen molar-refractivity contribution < 1.29 is 19.1 Å². The molecular weight excluding hydrogens is 344 g/mol. The standard InChI is InChI=1S/C21H30N2O4/c1-16(2)18-4-6-19(7-5-18)23(17(3)24)11-8-20(25)22-12-9-21(10-13-22)26-14-15-27-21/h4-7,16H,8-15H2,1-3H3. The number of hydrogen-bond acceptors (Lipinski definition) is 4. The lowest BCUT2D eigenvalue weighted by Crippen LogP contribution is -2.48. The molecule has 2 amide bonds. The van der Waals surface area contributed by atoms with Crippen molar-refractivity contribution in [1.29, 1.82) is 0 Å². The Morgan fingerprint density at radius 3 is 2.22 bits per heavy atom. The number of amides is 2. The normalized spacial score (nSPS) is 18.9. The van der Waals surface area contributed by atoms with Crippen molar-refractivity contribution in [3.05, 3.63) is 29.8 Å². The molecule has 1 spiro atoms. The Morgan fingerprint density at radius 1 is 1.11 bits per heavy atom. The maximum atomic E-state index is 12.6. The number of hydrogen-bond donors (Lipinski definition) is 0. The van der Waals surface area contributed by atoms with Gasteiger partial charge < -0.3 is 19.3 Å². The van der Waals surface area contributed by atoms with Gasteiger partial charge in [-0.25, -0.2) is 0 Å². The number of carbonyl (C=O) groups is 2. The second-order valence-corrected chi connectivity index (χ2v) is 7.66. The molecule has 3 rings (SSSR count). The fraction of sp³-hybridized carbons (Fsp3) is 0.619. The summed E-state index contributed by atoms with van der Waals surface area (Å²) in [4.78, 5) is 28.2. The molecule has 2 aliphatic rings. The average molecular weight is 374 g/mol. The number of nitrogens with zero attached hydrogens (tertiary/aromatic N) is 2. The summed E-state index contributed by atoms with van der Waals surface area (Å²) < 4.78 is 11.4. The van der Waals surface area contributed by atoms with Crippen LogP contribution in [0.5, 0.6) is 0 Å². The van der Waals surface area contributed by atoms with Gasteiger partial charge >= 0.3 is 0 Å². The topological polar surface area (TPSA) is 59.1 Å². The summed E-state index contributed by atoms with van der Waals surface area (Å²) in [7, 11) is 0. The van der Waals surface area contributed by atoms with Crippen LogP contribution in [0.1, 0.15) is 51.5 Å². The van der Waals surface area contributed by atoms with Gasteiger partial charge in [0.15, 0.2) is 5.79 Å². The quantitative estimate of drug-likeness (QED) is 0.795. The van der Waals surface area contributed by atoms with Crippen LogP contribution in [0, 0.1) is 0 Å². The van der Waals surface area contributed by atoms with E-state index < -0.39 is 5.79 Å². The minimum atomic E-state index is -0.472. The Hall–Kier alpha value is -1.92. The van der Waals surface area contributed by atoms with Gasteiger partial charge in [0.25, 0.3) is 0 Å². The number of benzene rings is 1. The van der Waals surface area contributed by atoms with Crippen molar-refractivity contribution in [3.63, 3.8) is 0 Å². The van der Waals surface area contributed by atoms with E-state index in [0.29, 0.717) is 58.0 Å². The van der Waals surface area contributed by atoms with E-state index >= 15 is 0 Å². The summed E-state index contributed by atoms with van der Waals surface area (Å²) in [6, 6.07) is 8.01. The van der Waals surface area contributed by atoms with E-state index in [1.807, 2.05) is 29.2 Å². The van der Waals surface area contributed by atoms with Gasteiger partial charge in [-0.05, 0) is 23.6 Å². The van der Waals surface area contributed by atoms with Crippen LogP contribution >= 0.6 is 0 Å². The first kappa shape index (κ1) is 19.8. The lowest BCUT2D eigenvalue weighted by Gasteiger charge is -2.37. The van der Waals surface area contributed by atoms with E-state index in [0.717, 1.165) is 5.69 Å².